The van der Waals surface area contributed by atoms with E-state index in [4.69, 9.17) is 4.52 Å². The molecular formula is C17H20FN3O3. The van der Waals surface area contributed by atoms with Gasteiger partial charge in [0.05, 0.1) is 6.54 Å². The molecule has 1 aromatic heterocycles. The predicted molar refractivity (Wildman–Crippen MR) is 86.8 cm³/mol. The Morgan fingerprint density at radius 1 is 1.17 bits per heavy atom. The lowest BCUT2D eigenvalue weighted by Gasteiger charge is -2.05. The molecule has 2 N–H and O–H groups in total. The Bertz CT molecular complexity index is 683. The molecule has 0 fully saturated rings. The van der Waals surface area contributed by atoms with Crippen LogP contribution >= 0.6 is 0 Å². The molecule has 2 aromatic rings. The van der Waals surface area contributed by atoms with Gasteiger partial charge in [-0.05, 0) is 43.9 Å². The summed E-state index contributed by atoms with van der Waals surface area (Å²) >= 11 is 0. The lowest BCUT2D eigenvalue weighted by Crippen LogP contribution is -2.32. The number of nitrogens with one attached hydrogen (secondary N) is 2. The fraction of sp³-hybridized carbons (Fsp3) is 0.353. The molecule has 6 nitrogen and oxygen atoms in total. The maximum atomic E-state index is 12.8. The van der Waals surface area contributed by atoms with E-state index < -0.39 is 0 Å². The maximum absolute atomic E-state index is 12.8. The van der Waals surface area contributed by atoms with Crippen LogP contribution in [0.2, 0.25) is 0 Å². The number of carbonyl (C=O) groups is 2. The summed E-state index contributed by atoms with van der Waals surface area (Å²) in [6, 6.07) is 7.93. The number of hydrogen-bond acceptors (Lipinski definition) is 4. The van der Waals surface area contributed by atoms with Gasteiger partial charge in [-0.2, -0.15) is 0 Å². The second kappa shape index (κ2) is 8.81. The van der Waals surface area contributed by atoms with Gasteiger partial charge < -0.3 is 15.2 Å². The molecule has 128 valence electrons. The first-order valence-corrected chi connectivity index (χ1v) is 7.77. The van der Waals surface area contributed by atoms with Crippen LogP contribution in [0.15, 0.2) is 34.9 Å². The summed E-state index contributed by atoms with van der Waals surface area (Å²) in [6.07, 6.45) is 2.66. The van der Waals surface area contributed by atoms with E-state index in [2.05, 4.69) is 15.8 Å². The highest BCUT2D eigenvalue weighted by atomic mass is 19.1. The number of nitrogens with zero attached hydrogens (tertiary/aromatic N) is 1. The first-order valence-electron chi connectivity index (χ1n) is 7.77. The number of amides is 2. The van der Waals surface area contributed by atoms with Crippen LogP contribution < -0.4 is 10.6 Å². The molecule has 1 heterocycles. The van der Waals surface area contributed by atoms with Gasteiger partial charge in [-0.15, -0.1) is 0 Å². The minimum absolute atomic E-state index is 0.108. The monoisotopic (exact) mass is 333 g/mol. The molecule has 7 heteroatoms. The molecule has 0 spiro atoms. The molecule has 0 atom stereocenters. The van der Waals surface area contributed by atoms with Crippen molar-refractivity contribution in [1.29, 1.82) is 0 Å². The van der Waals surface area contributed by atoms with E-state index in [9.17, 15) is 14.0 Å². The van der Waals surface area contributed by atoms with Gasteiger partial charge in [-0.3, -0.25) is 9.59 Å². The van der Waals surface area contributed by atoms with Gasteiger partial charge in [-0.25, -0.2) is 4.39 Å². The number of hydrogen-bond donors (Lipinski definition) is 2. The molecule has 1 aromatic carbocycles. The molecule has 0 unspecified atom stereocenters. The highest BCUT2D eigenvalue weighted by molar-refractivity contribution is 5.93. The highest BCUT2D eigenvalue weighted by Crippen LogP contribution is 2.08. The summed E-state index contributed by atoms with van der Waals surface area (Å²) in [5.74, 6) is 0.127. The van der Waals surface area contributed by atoms with E-state index >= 15 is 0 Å². The molecule has 2 rings (SSSR count). The molecule has 0 saturated heterocycles. The number of anilines is 1. The second-order valence-electron chi connectivity index (χ2n) is 5.48. The predicted octanol–water partition coefficient (Wildman–Crippen LogP) is 2.59. The number of aryl methyl sites for hydroxylation is 2. The largest absolute Gasteiger partial charge is 0.360 e. The molecule has 24 heavy (non-hydrogen) atoms. The number of benzene rings is 1. The van der Waals surface area contributed by atoms with Gasteiger partial charge in [-0.1, -0.05) is 17.3 Å². The van der Waals surface area contributed by atoms with Crippen molar-refractivity contribution in [3.63, 3.8) is 0 Å². The quantitative estimate of drug-likeness (QED) is 0.727. The van der Waals surface area contributed by atoms with Gasteiger partial charge in [0.25, 0.3) is 0 Å². The summed E-state index contributed by atoms with van der Waals surface area (Å²) in [4.78, 5) is 23.3. The minimum atomic E-state index is -0.358. The summed E-state index contributed by atoms with van der Waals surface area (Å²) in [5.41, 5.74) is 1.04. The number of rotatable bonds is 8. The van der Waals surface area contributed by atoms with Crippen molar-refractivity contribution in [2.24, 2.45) is 0 Å². The van der Waals surface area contributed by atoms with Crippen LogP contribution in [0.25, 0.3) is 0 Å². The van der Waals surface area contributed by atoms with Gasteiger partial charge in [0.2, 0.25) is 11.8 Å². The average Bonchev–Trinajstić information content (AvgIpc) is 2.96. The normalized spacial score (nSPS) is 10.4. The zero-order chi connectivity index (χ0) is 17.4. The van der Waals surface area contributed by atoms with E-state index in [0.29, 0.717) is 24.4 Å². The van der Waals surface area contributed by atoms with Crippen molar-refractivity contribution < 1.29 is 18.5 Å². The molecule has 0 aliphatic carbocycles. The maximum Gasteiger partial charge on any atom is 0.245 e. The smallest absolute Gasteiger partial charge is 0.245 e. The van der Waals surface area contributed by atoms with Crippen molar-refractivity contribution >= 4 is 17.6 Å². The Morgan fingerprint density at radius 3 is 2.58 bits per heavy atom. The molecule has 0 aliphatic rings. The summed E-state index contributed by atoms with van der Waals surface area (Å²) < 4.78 is 17.6. The van der Waals surface area contributed by atoms with E-state index in [0.717, 1.165) is 18.4 Å². The minimum Gasteiger partial charge on any atom is -0.360 e. The Hall–Kier alpha value is -2.70. The molecule has 0 aliphatic heterocycles. The zero-order valence-electron chi connectivity index (χ0n) is 13.5. The Balaban J connectivity index is 1.57. The van der Waals surface area contributed by atoms with E-state index in [1.54, 1.807) is 25.1 Å². The van der Waals surface area contributed by atoms with Crippen LogP contribution in [0.5, 0.6) is 0 Å². The van der Waals surface area contributed by atoms with Gasteiger partial charge >= 0.3 is 0 Å². The first-order chi connectivity index (χ1) is 11.5. The second-order valence-corrected chi connectivity index (χ2v) is 5.48. The van der Waals surface area contributed by atoms with Crippen LogP contribution in [0.4, 0.5) is 10.2 Å². The Labute approximate surface area is 139 Å². The first kappa shape index (κ1) is 17.7. The summed E-state index contributed by atoms with van der Waals surface area (Å²) in [6.45, 7) is 1.61. The van der Waals surface area contributed by atoms with Crippen LogP contribution in [0.1, 0.15) is 30.6 Å². The van der Waals surface area contributed by atoms with Crippen LogP contribution in [-0.2, 0) is 16.0 Å². The third-order valence-electron chi connectivity index (χ3n) is 3.37. The Kier molecular flexibility index (Phi) is 6.48. The fourth-order valence-electron chi connectivity index (χ4n) is 2.15. The molecule has 2 amide bonds. The van der Waals surface area contributed by atoms with E-state index in [-0.39, 0.29) is 24.2 Å². The van der Waals surface area contributed by atoms with Crippen molar-refractivity contribution in [2.45, 2.75) is 32.6 Å². The summed E-state index contributed by atoms with van der Waals surface area (Å²) in [7, 11) is 0. The number of aromatic nitrogens is 1. The summed E-state index contributed by atoms with van der Waals surface area (Å²) in [5, 5.41) is 8.71. The van der Waals surface area contributed by atoms with Gasteiger partial charge in [0.1, 0.15) is 11.6 Å². The topological polar surface area (TPSA) is 84.2 Å². The van der Waals surface area contributed by atoms with Crippen LogP contribution in [0, 0.1) is 12.7 Å². The van der Waals surface area contributed by atoms with Crippen LogP contribution in [-0.4, -0.2) is 23.5 Å². The average molecular weight is 333 g/mol. The van der Waals surface area contributed by atoms with Crippen molar-refractivity contribution in [3.8, 4) is 0 Å². The van der Waals surface area contributed by atoms with Crippen molar-refractivity contribution in [3.05, 3.63) is 47.5 Å². The number of halogens is 1. The molecule has 0 radical (unpaired) electrons. The number of unbranched alkanes of at least 4 members (excludes halogenated alkanes) is 1. The van der Waals surface area contributed by atoms with Crippen molar-refractivity contribution in [2.75, 3.05) is 11.9 Å². The lowest BCUT2D eigenvalue weighted by atomic mass is 10.1. The lowest BCUT2D eigenvalue weighted by molar-refractivity contribution is -0.124. The SMILES string of the molecule is Cc1cc(NC(=O)CNC(=O)CCCCc2ccc(F)cc2)no1. The third-order valence-corrected chi connectivity index (χ3v) is 3.37. The van der Waals surface area contributed by atoms with Crippen molar-refractivity contribution in [1.82, 2.24) is 10.5 Å². The fourth-order valence-corrected chi connectivity index (χ4v) is 2.15. The number of carbonyl (C=O) groups excluding carboxylic acids is 2. The third kappa shape index (κ3) is 6.20. The van der Waals surface area contributed by atoms with Crippen LogP contribution in [0.3, 0.4) is 0 Å². The standard InChI is InChI=1S/C17H20FN3O3/c1-12-10-15(21-24-12)20-17(23)11-19-16(22)5-3-2-4-13-6-8-14(18)9-7-13/h6-10H,2-5,11H2,1H3,(H,19,22)(H,20,21,23). The molecular weight excluding hydrogens is 313 g/mol. The van der Waals surface area contributed by atoms with E-state index in [1.165, 1.54) is 12.1 Å². The van der Waals surface area contributed by atoms with Gasteiger partial charge in [0, 0.05) is 12.5 Å². The molecule has 0 bridgehead atoms. The Morgan fingerprint density at radius 2 is 1.92 bits per heavy atom. The molecule has 0 saturated carbocycles. The van der Waals surface area contributed by atoms with Gasteiger partial charge in [0.15, 0.2) is 5.82 Å². The zero-order valence-corrected chi connectivity index (χ0v) is 13.5. The highest BCUT2D eigenvalue weighted by Gasteiger charge is 2.08. The van der Waals surface area contributed by atoms with E-state index in [1.807, 2.05) is 0 Å².